The van der Waals surface area contributed by atoms with Gasteiger partial charge < -0.3 is 15.4 Å². The maximum atomic E-state index is 12.6. The highest BCUT2D eigenvalue weighted by Crippen LogP contribution is 2.22. The molecular formula is C31H49N3O6. The van der Waals surface area contributed by atoms with E-state index in [1.54, 1.807) is 24.3 Å². The zero-order valence-electron chi connectivity index (χ0n) is 24.6. The first-order valence-electron chi connectivity index (χ1n) is 15.0. The molecule has 1 saturated carbocycles. The summed E-state index contributed by atoms with van der Waals surface area (Å²) in [5.74, 6) is -0.264. The van der Waals surface area contributed by atoms with Gasteiger partial charge in [-0.3, -0.25) is 19.2 Å². The molecule has 3 amide bonds. The molecule has 1 fully saturated rings. The van der Waals surface area contributed by atoms with Crippen LogP contribution in [0.15, 0.2) is 24.3 Å². The molecule has 0 heterocycles. The molecule has 2 rings (SSSR count). The van der Waals surface area contributed by atoms with Gasteiger partial charge in [0.1, 0.15) is 6.04 Å². The summed E-state index contributed by atoms with van der Waals surface area (Å²) in [6, 6.07) is 5.85. The lowest BCUT2D eigenvalue weighted by molar-refractivity contribution is -0.143. The standard InChI is InChI=1S/C31H49N3O6/c1-23(2)21-27(31(38)39-3)33-30(37)25-17-19-26(20-18-25)32-28(35)15-11-7-8-12-16-29(36)34-40-22-24-13-9-5-4-6-10-14-24/h17-20,23-24,27H,4-16,21-22H2,1-3H3,(H,32,35)(H,33,37)(H,34,36)/t27-/m0/s1. The number of benzene rings is 1. The number of hydroxylamine groups is 1. The zero-order valence-corrected chi connectivity index (χ0v) is 24.6. The molecule has 0 aliphatic heterocycles. The van der Waals surface area contributed by atoms with Crippen molar-refractivity contribution < 1.29 is 28.8 Å². The number of carbonyl (C=O) groups excluding carboxylic acids is 4. The number of amides is 3. The minimum absolute atomic E-state index is 0.0820. The van der Waals surface area contributed by atoms with Crippen molar-refractivity contribution >= 4 is 29.4 Å². The third-order valence-electron chi connectivity index (χ3n) is 7.22. The van der Waals surface area contributed by atoms with E-state index < -0.39 is 12.0 Å². The normalized spacial score (nSPS) is 15.0. The van der Waals surface area contributed by atoms with Crippen molar-refractivity contribution in [3.63, 3.8) is 0 Å². The van der Waals surface area contributed by atoms with Crippen molar-refractivity contribution in [1.29, 1.82) is 0 Å². The van der Waals surface area contributed by atoms with Crippen LogP contribution in [0.1, 0.15) is 114 Å². The van der Waals surface area contributed by atoms with Crippen molar-refractivity contribution in [2.24, 2.45) is 11.8 Å². The molecule has 9 heteroatoms. The summed E-state index contributed by atoms with van der Waals surface area (Å²) in [6.45, 7) is 4.54. The van der Waals surface area contributed by atoms with E-state index >= 15 is 0 Å². The van der Waals surface area contributed by atoms with Crippen LogP contribution < -0.4 is 16.1 Å². The predicted octanol–water partition coefficient (Wildman–Crippen LogP) is 5.69. The molecule has 0 bridgehead atoms. The van der Waals surface area contributed by atoms with Crippen LogP contribution in [0.2, 0.25) is 0 Å². The molecular weight excluding hydrogens is 510 g/mol. The Hall–Kier alpha value is -2.94. The Bertz CT molecular complexity index is 910. The van der Waals surface area contributed by atoms with Gasteiger partial charge in [0.15, 0.2) is 0 Å². The average molecular weight is 560 g/mol. The number of carbonyl (C=O) groups is 4. The Morgan fingerprint density at radius 1 is 0.850 bits per heavy atom. The first-order valence-corrected chi connectivity index (χ1v) is 15.0. The third kappa shape index (κ3) is 13.9. The lowest BCUT2D eigenvalue weighted by atomic mass is 9.92. The van der Waals surface area contributed by atoms with E-state index in [2.05, 4.69) is 16.1 Å². The molecule has 1 atom stereocenters. The molecule has 0 radical (unpaired) electrons. The number of methoxy groups -OCH3 is 1. The Morgan fingerprint density at radius 3 is 2.05 bits per heavy atom. The molecule has 1 aromatic rings. The van der Waals surface area contributed by atoms with Gasteiger partial charge >= 0.3 is 5.97 Å². The van der Waals surface area contributed by atoms with Crippen LogP contribution in [0.4, 0.5) is 5.69 Å². The van der Waals surface area contributed by atoms with E-state index in [0.717, 1.165) is 25.7 Å². The van der Waals surface area contributed by atoms with Gasteiger partial charge in [0.25, 0.3) is 5.91 Å². The van der Waals surface area contributed by atoms with Crippen LogP contribution in [0.3, 0.4) is 0 Å². The first-order chi connectivity index (χ1) is 19.3. The average Bonchev–Trinajstić information content (AvgIpc) is 2.91. The predicted molar refractivity (Wildman–Crippen MR) is 155 cm³/mol. The van der Waals surface area contributed by atoms with E-state index in [9.17, 15) is 19.2 Å². The Labute approximate surface area is 239 Å². The van der Waals surface area contributed by atoms with E-state index in [4.69, 9.17) is 9.57 Å². The molecule has 0 saturated heterocycles. The summed E-state index contributed by atoms with van der Waals surface area (Å²) in [4.78, 5) is 54.3. The number of anilines is 1. The van der Waals surface area contributed by atoms with Crippen LogP contribution in [0.5, 0.6) is 0 Å². The quantitative estimate of drug-likeness (QED) is 0.136. The fourth-order valence-corrected chi connectivity index (χ4v) is 4.92. The summed E-state index contributed by atoms with van der Waals surface area (Å²) in [5.41, 5.74) is 3.58. The molecule has 224 valence electrons. The monoisotopic (exact) mass is 559 g/mol. The highest BCUT2D eigenvalue weighted by Gasteiger charge is 2.23. The molecule has 1 aliphatic rings. The van der Waals surface area contributed by atoms with E-state index in [1.807, 2.05) is 13.8 Å². The summed E-state index contributed by atoms with van der Waals surface area (Å²) < 4.78 is 4.79. The smallest absolute Gasteiger partial charge is 0.328 e. The molecule has 3 N–H and O–H groups in total. The minimum Gasteiger partial charge on any atom is -0.467 e. The maximum Gasteiger partial charge on any atom is 0.328 e. The van der Waals surface area contributed by atoms with Crippen molar-refractivity contribution in [3.05, 3.63) is 29.8 Å². The number of hydrogen-bond donors (Lipinski definition) is 3. The van der Waals surface area contributed by atoms with E-state index in [1.165, 1.54) is 52.1 Å². The molecule has 1 aliphatic carbocycles. The minimum atomic E-state index is -0.708. The SMILES string of the molecule is COC(=O)[C@H](CC(C)C)NC(=O)c1ccc(NC(=O)CCCCCCC(=O)NOCC2CCCCCCC2)cc1. The summed E-state index contributed by atoms with van der Waals surface area (Å²) in [6.07, 6.45) is 13.3. The van der Waals surface area contributed by atoms with Gasteiger partial charge in [-0.05, 0) is 68.2 Å². The van der Waals surface area contributed by atoms with Crippen LogP contribution in [0, 0.1) is 11.8 Å². The van der Waals surface area contributed by atoms with Crippen molar-refractivity contribution in [1.82, 2.24) is 10.8 Å². The lowest BCUT2D eigenvalue weighted by Gasteiger charge is -2.19. The van der Waals surface area contributed by atoms with Crippen molar-refractivity contribution in [2.45, 2.75) is 110 Å². The number of unbranched alkanes of at least 4 members (excludes halogenated alkanes) is 3. The molecule has 0 unspecified atom stereocenters. The molecule has 0 aromatic heterocycles. The highest BCUT2D eigenvalue weighted by molar-refractivity contribution is 5.97. The summed E-state index contributed by atoms with van der Waals surface area (Å²) in [7, 11) is 1.30. The van der Waals surface area contributed by atoms with Gasteiger partial charge in [-0.1, -0.05) is 58.8 Å². The first kappa shape index (κ1) is 33.3. The Kier molecular flexibility index (Phi) is 16.0. The lowest BCUT2D eigenvalue weighted by Crippen LogP contribution is -2.42. The number of rotatable bonds is 16. The number of hydrogen-bond acceptors (Lipinski definition) is 6. The molecule has 9 nitrogen and oxygen atoms in total. The highest BCUT2D eigenvalue weighted by atomic mass is 16.6. The van der Waals surface area contributed by atoms with Gasteiger partial charge in [-0.25, -0.2) is 10.3 Å². The van der Waals surface area contributed by atoms with Gasteiger partial charge in [-0.2, -0.15) is 0 Å². The molecule has 1 aromatic carbocycles. The molecule has 40 heavy (non-hydrogen) atoms. The van der Waals surface area contributed by atoms with Crippen LogP contribution in [0.25, 0.3) is 0 Å². The second-order valence-corrected chi connectivity index (χ2v) is 11.3. The third-order valence-corrected chi connectivity index (χ3v) is 7.22. The topological polar surface area (TPSA) is 123 Å². The van der Waals surface area contributed by atoms with Crippen molar-refractivity contribution in [2.75, 3.05) is 19.0 Å². The van der Waals surface area contributed by atoms with E-state index in [-0.39, 0.29) is 23.6 Å². The van der Waals surface area contributed by atoms with E-state index in [0.29, 0.717) is 43.0 Å². The van der Waals surface area contributed by atoms with Gasteiger partial charge in [0.05, 0.1) is 13.7 Å². The second-order valence-electron chi connectivity index (χ2n) is 11.3. The number of nitrogens with one attached hydrogen (secondary N) is 3. The number of esters is 1. The second kappa shape index (κ2) is 19.2. The van der Waals surface area contributed by atoms with Gasteiger partial charge in [-0.15, -0.1) is 0 Å². The summed E-state index contributed by atoms with van der Waals surface area (Å²) in [5, 5.41) is 5.57. The largest absolute Gasteiger partial charge is 0.467 e. The Morgan fingerprint density at radius 2 is 1.45 bits per heavy atom. The summed E-state index contributed by atoms with van der Waals surface area (Å²) >= 11 is 0. The van der Waals surface area contributed by atoms with Crippen LogP contribution >= 0.6 is 0 Å². The fourth-order valence-electron chi connectivity index (χ4n) is 4.92. The van der Waals surface area contributed by atoms with Gasteiger partial charge in [0.2, 0.25) is 11.8 Å². The maximum absolute atomic E-state index is 12.6. The van der Waals surface area contributed by atoms with Gasteiger partial charge in [0, 0.05) is 24.1 Å². The molecule has 0 spiro atoms. The van der Waals surface area contributed by atoms with Crippen LogP contribution in [-0.2, 0) is 24.0 Å². The van der Waals surface area contributed by atoms with Crippen molar-refractivity contribution in [3.8, 4) is 0 Å². The Balaban J connectivity index is 1.57. The number of ether oxygens (including phenoxy) is 1. The zero-order chi connectivity index (χ0) is 29.2. The fraction of sp³-hybridized carbons (Fsp3) is 0.677. The van der Waals surface area contributed by atoms with Crippen LogP contribution in [-0.4, -0.2) is 43.4 Å².